The van der Waals surface area contributed by atoms with E-state index in [1.807, 2.05) is 28.0 Å². The van der Waals surface area contributed by atoms with Crippen LogP contribution in [0.15, 0.2) is 48.9 Å². The molecule has 0 aliphatic heterocycles. The Hall–Kier alpha value is -3.92. The Labute approximate surface area is 290 Å². The first kappa shape index (κ1) is 34.9. The van der Waals surface area contributed by atoms with Gasteiger partial charge in [0, 0.05) is 50.1 Å². The van der Waals surface area contributed by atoms with Crippen molar-refractivity contribution in [1.29, 1.82) is 0 Å². The molecule has 0 unspecified atom stereocenters. The zero-order valence-electron chi connectivity index (χ0n) is 29.9. The van der Waals surface area contributed by atoms with E-state index in [9.17, 15) is 9.59 Å². The number of carbonyl (C=O) groups excluding carboxylic acids is 2. The molecule has 264 valence electrons. The van der Waals surface area contributed by atoms with Crippen LogP contribution in [0.3, 0.4) is 0 Å². The molecule has 7 rings (SSSR count). The van der Waals surface area contributed by atoms with E-state index in [1.54, 1.807) is 14.2 Å². The van der Waals surface area contributed by atoms with Gasteiger partial charge in [0.1, 0.15) is 17.7 Å². The van der Waals surface area contributed by atoms with Gasteiger partial charge in [-0.3, -0.25) is 14.4 Å². The van der Waals surface area contributed by atoms with Crippen molar-refractivity contribution < 1.29 is 23.8 Å². The summed E-state index contributed by atoms with van der Waals surface area (Å²) in [6.45, 7) is 7.87. The summed E-state index contributed by atoms with van der Waals surface area (Å²) in [6.07, 6.45) is 14.5. The van der Waals surface area contributed by atoms with Crippen molar-refractivity contribution in [2.24, 2.45) is 11.3 Å². The number of fused-ring (bicyclic) bond motifs is 3. The van der Waals surface area contributed by atoms with Gasteiger partial charge in [-0.25, -0.2) is 9.78 Å². The smallest absolute Gasteiger partial charge is 0.407 e. The molecule has 1 aromatic carbocycles. The summed E-state index contributed by atoms with van der Waals surface area (Å²) in [5.74, 6) is 1.63. The number of methoxy groups -OCH3 is 2. The van der Waals surface area contributed by atoms with Crippen LogP contribution >= 0.6 is 0 Å². The van der Waals surface area contributed by atoms with Gasteiger partial charge in [0.05, 0.1) is 19.9 Å². The Morgan fingerprint density at radius 2 is 1.73 bits per heavy atom. The van der Waals surface area contributed by atoms with Gasteiger partial charge in [0.15, 0.2) is 0 Å². The third-order valence-corrected chi connectivity index (χ3v) is 11.5. The standard InChI is InChI=1S/C39H53N5O5/c1-27(2)44-25-31(24-42-44)30-12-19-40-35(23-30)43(36(45)29-6-9-33(10-7-29)49-37(46)41-20-21-47-4)26-38-13-16-39(17-14-38,18-15-38)32-8-11-34(48-5)28(3)22-32/h8,11-12,19,22-25,27,29,33H,6-7,9-10,13-18,20-21,26H2,1-5H3,(H,41,46). The molecule has 1 N–H and O–H groups in total. The lowest BCUT2D eigenvalue weighted by Gasteiger charge is -2.55. The molecule has 2 bridgehead atoms. The number of aromatic nitrogens is 3. The van der Waals surface area contributed by atoms with Crippen LogP contribution in [-0.4, -0.2) is 66.8 Å². The Balaban J connectivity index is 1.20. The van der Waals surface area contributed by atoms with Gasteiger partial charge >= 0.3 is 6.09 Å². The van der Waals surface area contributed by atoms with E-state index < -0.39 is 6.09 Å². The number of nitrogens with zero attached hydrogens (tertiary/aromatic N) is 4. The normalized spacial score (nSPS) is 24.9. The van der Waals surface area contributed by atoms with Crippen molar-refractivity contribution in [2.75, 3.05) is 38.8 Å². The summed E-state index contributed by atoms with van der Waals surface area (Å²) in [4.78, 5) is 33.7. The Morgan fingerprint density at radius 1 is 1.00 bits per heavy atom. The molecule has 49 heavy (non-hydrogen) atoms. The molecular weight excluding hydrogens is 618 g/mol. The third kappa shape index (κ3) is 7.64. The van der Waals surface area contributed by atoms with Crippen LogP contribution in [0.4, 0.5) is 10.6 Å². The molecule has 4 fully saturated rings. The van der Waals surface area contributed by atoms with Gasteiger partial charge in [0.2, 0.25) is 5.91 Å². The van der Waals surface area contributed by atoms with Gasteiger partial charge < -0.3 is 19.5 Å². The zero-order chi connectivity index (χ0) is 34.6. The SMILES string of the molecule is COCCNC(=O)OC1CCC(C(=O)N(CC23CCC(c4ccc(OC)c(C)c4)(CC2)CC3)c2cc(-c3cnn(C(C)C)c3)ccn2)CC1. The quantitative estimate of drug-likeness (QED) is 0.200. The zero-order valence-corrected chi connectivity index (χ0v) is 29.9. The number of carbonyl (C=O) groups is 2. The van der Waals surface area contributed by atoms with E-state index in [0.29, 0.717) is 51.2 Å². The molecule has 0 spiro atoms. The van der Waals surface area contributed by atoms with Crippen molar-refractivity contribution in [3.63, 3.8) is 0 Å². The van der Waals surface area contributed by atoms with Crippen LogP contribution in [0.2, 0.25) is 0 Å². The van der Waals surface area contributed by atoms with Gasteiger partial charge in [0.25, 0.3) is 0 Å². The molecule has 2 amide bonds. The number of anilines is 1. The highest BCUT2D eigenvalue weighted by Crippen LogP contribution is 2.58. The monoisotopic (exact) mass is 671 g/mol. The van der Waals surface area contributed by atoms with Crippen LogP contribution in [0, 0.1) is 18.3 Å². The molecule has 10 heteroatoms. The molecule has 0 radical (unpaired) electrons. The largest absolute Gasteiger partial charge is 0.496 e. The molecule has 0 atom stereocenters. The first-order valence-corrected chi connectivity index (χ1v) is 18.0. The highest BCUT2D eigenvalue weighted by molar-refractivity contribution is 5.95. The first-order chi connectivity index (χ1) is 23.6. The van der Waals surface area contributed by atoms with Crippen molar-refractivity contribution >= 4 is 17.8 Å². The molecule has 10 nitrogen and oxygen atoms in total. The third-order valence-electron chi connectivity index (χ3n) is 11.5. The van der Waals surface area contributed by atoms with Crippen LogP contribution < -0.4 is 15.0 Å². The van der Waals surface area contributed by atoms with Crippen molar-refractivity contribution in [3.05, 3.63) is 60.0 Å². The number of amides is 2. The number of alkyl carbamates (subject to hydrolysis) is 1. The predicted molar refractivity (Wildman–Crippen MR) is 190 cm³/mol. The summed E-state index contributed by atoms with van der Waals surface area (Å²) >= 11 is 0. The van der Waals surface area contributed by atoms with E-state index in [-0.39, 0.29) is 34.8 Å². The maximum absolute atomic E-state index is 14.6. The van der Waals surface area contributed by atoms with Gasteiger partial charge in [-0.15, -0.1) is 0 Å². The molecule has 3 aromatic rings. The maximum Gasteiger partial charge on any atom is 0.407 e. The van der Waals surface area contributed by atoms with E-state index in [4.69, 9.17) is 19.2 Å². The number of pyridine rings is 1. The average molecular weight is 672 g/mol. The fourth-order valence-electron chi connectivity index (χ4n) is 8.36. The number of rotatable bonds is 12. The fraction of sp³-hybridized carbons (Fsp3) is 0.590. The molecule has 4 aliphatic rings. The molecule has 2 heterocycles. The summed E-state index contributed by atoms with van der Waals surface area (Å²) in [7, 11) is 3.33. The Morgan fingerprint density at radius 3 is 2.37 bits per heavy atom. The lowest BCUT2D eigenvalue weighted by Crippen LogP contribution is -2.52. The van der Waals surface area contributed by atoms with E-state index in [2.05, 4.69) is 61.6 Å². The van der Waals surface area contributed by atoms with Gasteiger partial charge in [-0.2, -0.15) is 5.10 Å². The van der Waals surface area contributed by atoms with Crippen LogP contribution in [0.5, 0.6) is 5.75 Å². The van der Waals surface area contributed by atoms with E-state index >= 15 is 0 Å². The van der Waals surface area contributed by atoms with Crippen LogP contribution in [0.25, 0.3) is 11.1 Å². The summed E-state index contributed by atoms with van der Waals surface area (Å²) in [6, 6.07) is 11.0. The molecule has 4 saturated carbocycles. The Bertz CT molecular complexity index is 1590. The highest BCUT2D eigenvalue weighted by atomic mass is 16.6. The summed E-state index contributed by atoms with van der Waals surface area (Å²) < 4.78 is 18.2. The molecule has 4 aliphatic carbocycles. The van der Waals surface area contributed by atoms with Crippen molar-refractivity contribution in [3.8, 4) is 16.9 Å². The van der Waals surface area contributed by atoms with Gasteiger partial charge in [-0.05, 0) is 131 Å². The average Bonchev–Trinajstić information content (AvgIpc) is 3.63. The minimum atomic E-state index is -0.426. The number of hydrogen-bond donors (Lipinski definition) is 1. The fourth-order valence-corrected chi connectivity index (χ4v) is 8.36. The Kier molecular flexibility index (Phi) is 10.6. The van der Waals surface area contributed by atoms with Crippen LogP contribution in [0.1, 0.15) is 95.2 Å². The summed E-state index contributed by atoms with van der Waals surface area (Å²) in [5.41, 5.74) is 4.88. The topological polar surface area (TPSA) is 108 Å². The predicted octanol–water partition coefficient (Wildman–Crippen LogP) is 7.40. The minimum Gasteiger partial charge on any atom is -0.496 e. The highest BCUT2D eigenvalue weighted by Gasteiger charge is 2.51. The number of ether oxygens (including phenoxy) is 3. The number of benzene rings is 1. The molecular formula is C39H53N5O5. The number of nitrogens with one attached hydrogen (secondary N) is 1. The van der Waals surface area contributed by atoms with Crippen molar-refractivity contribution in [2.45, 2.75) is 103 Å². The van der Waals surface area contributed by atoms with E-state index in [0.717, 1.165) is 55.4 Å². The maximum atomic E-state index is 14.6. The summed E-state index contributed by atoms with van der Waals surface area (Å²) in [5, 5.41) is 7.29. The lowest BCUT2D eigenvalue weighted by molar-refractivity contribution is -0.124. The first-order valence-electron chi connectivity index (χ1n) is 18.0. The minimum absolute atomic E-state index is 0.0553. The van der Waals surface area contributed by atoms with E-state index in [1.165, 1.54) is 11.1 Å². The lowest BCUT2D eigenvalue weighted by atomic mass is 9.51. The second kappa shape index (κ2) is 14.9. The second-order valence-electron chi connectivity index (χ2n) is 14.9. The van der Waals surface area contributed by atoms with Crippen LogP contribution in [-0.2, 0) is 19.7 Å². The molecule has 2 aromatic heterocycles. The van der Waals surface area contributed by atoms with Gasteiger partial charge in [-0.1, -0.05) is 12.1 Å². The van der Waals surface area contributed by atoms with Crippen molar-refractivity contribution in [1.82, 2.24) is 20.1 Å². The number of aryl methyl sites for hydroxylation is 1. The number of hydrogen-bond acceptors (Lipinski definition) is 7. The second-order valence-corrected chi connectivity index (χ2v) is 14.9. The molecule has 0 saturated heterocycles.